The van der Waals surface area contributed by atoms with E-state index in [0.29, 0.717) is 24.3 Å². The lowest BCUT2D eigenvalue weighted by Crippen LogP contribution is -2.70. The van der Waals surface area contributed by atoms with Gasteiger partial charge in [-0.05, 0) is 36.2 Å². The Kier molecular flexibility index (Phi) is 5.67. The summed E-state index contributed by atoms with van der Waals surface area (Å²) in [4.78, 5) is 43.2. The average Bonchev–Trinajstić information content (AvgIpc) is 3.16. The van der Waals surface area contributed by atoms with Crippen LogP contribution >= 0.6 is 0 Å². The van der Waals surface area contributed by atoms with Crippen LogP contribution in [0.5, 0.6) is 5.75 Å². The zero-order valence-electron chi connectivity index (χ0n) is 17.9. The van der Waals surface area contributed by atoms with Crippen LogP contribution in [0.1, 0.15) is 48.5 Å². The Hall–Kier alpha value is -3.35. The maximum absolute atomic E-state index is 13.6. The van der Waals surface area contributed by atoms with Crippen LogP contribution in [0.4, 0.5) is 5.69 Å². The number of ether oxygens (including phenoxy) is 1. The zero-order valence-corrected chi connectivity index (χ0v) is 17.9. The molecule has 0 aromatic heterocycles. The van der Waals surface area contributed by atoms with E-state index in [4.69, 9.17) is 4.74 Å². The lowest BCUT2D eigenvalue weighted by atomic mass is 9.95. The van der Waals surface area contributed by atoms with E-state index in [1.54, 1.807) is 41.2 Å². The summed E-state index contributed by atoms with van der Waals surface area (Å²) in [5.41, 5.74) is 0.559. The first-order valence-corrected chi connectivity index (χ1v) is 10.7. The summed E-state index contributed by atoms with van der Waals surface area (Å²) in [6, 6.07) is 14.5. The number of amides is 3. The summed E-state index contributed by atoms with van der Waals surface area (Å²) in [5.74, 6) is 0.0743. The predicted molar refractivity (Wildman–Crippen MR) is 117 cm³/mol. The Balaban J connectivity index is 1.69. The zero-order chi connectivity index (χ0) is 22.0. The highest BCUT2D eigenvalue weighted by Gasteiger charge is 2.60. The van der Waals surface area contributed by atoms with E-state index in [9.17, 15) is 14.4 Å². The van der Waals surface area contributed by atoms with Crippen molar-refractivity contribution in [1.82, 2.24) is 10.2 Å². The highest BCUT2D eigenvalue weighted by Crippen LogP contribution is 2.44. The molecule has 0 unspecified atom stereocenters. The molecule has 7 nitrogen and oxygen atoms in total. The first kappa shape index (κ1) is 20.9. The summed E-state index contributed by atoms with van der Waals surface area (Å²) in [7, 11) is 1.60. The first-order chi connectivity index (χ1) is 15.0. The fraction of sp³-hybridized carbons (Fsp3) is 0.375. The molecule has 31 heavy (non-hydrogen) atoms. The molecule has 1 N–H and O–H groups in total. The van der Waals surface area contributed by atoms with Crippen LogP contribution in [0.15, 0.2) is 48.5 Å². The highest BCUT2D eigenvalue weighted by molar-refractivity contribution is 6.16. The molecule has 2 heterocycles. The summed E-state index contributed by atoms with van der Waals surface area (Å²) in [6.45, 7) is 2.75. The number of hydrogen-bond acceptors (Lipinski definition) is 4. The number of nitrogens with one attached hydrogen (secondary N) is 1. The topological polar surface area (TPSA) is 79.0 Å². The summed E-state index contributed by atoms with van der Waals surface area (Å²) < 4.78 is 5.18. The minimum absolute atomic E-state index is 0.138. The number of benzene rings is 2. The van der Waals surface area contributed by atoms with E-state index in [2.05, 4.69) is 5.32 Å². The summed E-state index contributed by atoms with van der Waals surface area (Å²) in [6.07, 6.45) is 2.14. The maximum atomic E-state index is 13.6. The molecule has 1 fully saturated rings. The Morgan fingerprint density at radius 1 is 1.13 bits per heavy atom. The monoisotopic (exact) mass is 421 g/mol. The fourth-order valence-corrected chi connectivity index (χ4v) is 4.47. The SMILES string of the molecule is CCCCN1C(=O)c2ccccc2N2C(=O)CC[C@]12C(=O)NCc1ccc(OC)cc1. The van der Waals surface area contributed by atoms with Crippen LogP contribution in [0.3, 0.4) is 0 Å². The van der Waals surface area contributed by atoms with Gasteiger partial charge in [0.05, 0.1) is 18.4 Å². The van der Waals surface area contributed by atoms with Gasteiger partial charge in [-0.3, -0.25) is 19.3 Å². The molecule has 4 rings (SSSR count). The van der Waals surface area contributed by atoms with Gasteiger partial charge in [-0.1, -0.05) is 37.6 Å². The second-order valence-corrected chi connectivity index (χ2v) is 7.90. The predicted octanol–water partition coefficient (Wildman–Crippen LogP) is 3.09. The molecule has 2 aliphatic heterocycles. The van der Waals surface area contributed by atoms with Gasteiger partial charge in [-0.15, -0.1) is 0 Å². The van der Waals surface area contributed by atoms with Crippen molar-refractivity contribution in [3.63, 3.8) is 0 Å². The third-order valence-electron chi connectivity index (χ3n) is 6.08. The van der Waals surface area contributed by atoms with Crippen molar-refractivity contribution in [3.8, 4) is 5.75 Å². The van der Waals surface area contributed by atoms with Crippen LogP contribution in [-0.4, -0.2) is 41.9 Å². The second-order valence-electron chi connectivity index (χ2n) is 7.90. The highest BCUT2D eigenvalue weighted by atomic mass is 16.5. The molecule has 3 amide bonds. The summed E-state index contributed by atoms with van der Waals surface area (Å²) >= 11 is 0. The van der Waals surface area contributed by atoms with Crippen LogP contribution in [0.25, 0.3) is 0 Å². The van der Waals surface area contributed by atoms with Crippen LogP contribution < -0.4 is 15.0 Å². The van der Waals surface area contributed by atoms with E-state index in [0.717, 1.165) is 24.2 Å². The van der Waals surface area contributed by atoms with E-state index in [-0.39, 0.29) is 30.6 Å². The van der Waals surface area contributed by atoms with Gasteiger partial charge in [0.2, 0.25) is 11.6 Å². The third-order valence-corrected chi connectivity index (χ3v) is 6.08. The quantitative estimate of drug-likeness (QED) is 0.745. The Morgan fingerprint density at radius 2 is 1.87 bits per heavy atom. The lowest BCUT2D eigenvalue weighted by Gasteiger charge is -2.49. The molecule has 0 saturated carbocycles. The number of carbonyl (C=O) groups is 3. The molecule has 2 aromatic carbocycles. The standard InChI is InChI=1S/C24H27N3O4/c1-3-4-15-26-22(29)19-7-5-6-8-20(19)27-21(28)13-14-24(26,27)23(30)25-16-17-9-11-18(31-2)12-10-17/h5-12H,3-4,13-16H2,1-2H3,(H,25,30)/t24-/m0/s1. The van der Waals surface area contributed by atoms with Gasteiger partial charge in [0.25, 0.3) is 11.8 Å². The number of para-hydroxylation sites is 1. The van der Waals surface area contributed by atoms with Gasteiger partial charge in [-0.2, -0.15) is 0 Å². The average molecular weight is 421 g/mol. The van der Waals surface area contributed by atoms with E-state index in [1.807, 2.05) is 31.2 Å². The molecule has 162 valence electrons. The van der Waals surface area contributed by atoms with E-state index >= 15 is 0 Å². The maximum Gasteiger partial charge on any atom is 0.267 e. The van der Waals surface area contributed by atoms with Crippen molar-refractivity contribution in [2.75, 3.05) is 18.6 Å². The molecular formula is C24H27N3O4. The van der Waals surface area contributed by atoms with E-state index in [1.165, 1.54) is 0 Å². The van der Waals surface area contributed by atoms with Gasteiger partial charge in [0.1, 0.15) is 5.75 Å². The van der Waals surface area contributed by atoms with Crippen molar-refractivity contribution < 1.29 is 19.1 Å². The van der Waals surface area contributed by atoms with Crippen LogP contribution in [0, 0.1) is 0 Å². The Morgan fingerprint density at radius 3 is 2.58 bits per heavy atom. The van der Waals surface area contributed by atoms with Gasteiger partial charge in [0.15, 0.2) is 0 Å². The van der Waals surface area contributed by atoms with Gasteiger partial charge >= 0.3 is 0 Å². The number of unbranched alkanes of at least 4 members (excludes halogenated alkanes) is 1. The number of hydrogen-bond donors (Lipinski definition) is 1. The van der Waals surface area contributed by atoms with Crippen LogP contribution in [0.2, 0.25) is 0 Å². The Bertz CT molecular complexity index is 1000. The van der Waals surface area contributed by atoms with Crippen LogP contribution in [-0.2, 0) is 16.1 Å². The number of methoxy groups -OCH3 is 1. The number of nitrogens with zero attached hydrogens (tertiary/aromatic N) is 2. The smallest absolute Gasteiger partial charge is 0.267 e. The van der Waals surface area contributed by atoms with Gasteiger partial charge < -0.3 is 15.0 Å². The Labute approximate surface area is 182 Å². The molecule has 1 atom stereocenters. The van der Waals surface area contributed by atoms with Crippen molar-refractivity contribution in [3.05, 3.63) is 59.7 Å². The second kappa shape index (κ2) is 8.41. The first-order valence-electron chi connectivity index (χ1n) is 10.7. The van der Waals surface area contributed by atoms with E-state index < -0.39 is 5.66 Å². The van der Waals surface area contributed by atoms with Crippen molar-refractivity contribution in [1.29, 1.82) is 0 Å². The number of rotatable bonds is 7. The molecule has 2 aromatic rings. The molecule has 2 aliphatic rings. The molecule has 0 spiro atoms. The van der Waals surface area contributed by atoms with Gasteiger partial charge in [-0.25, -0.2) is 0 Å². The minimum atomic E-state index is -1.33. The third kappa shape index (κ3) is 3.44. The lowest BCUT2D eigenvalue weighted by molar-refractivity contribution is -0.133. The molecule has 0 radical (unpaired) electrons. The van der Waals surface area contributed by atoms with Crippen molar-refractivity contribution in [2.45, 2.75) is 44.8 Å². The van der Waals surface area contributed by atoms with Gasteiger partial charge in [0, 0.05) is 25.9 Å². The number of carbonyl (C=O) groups excluding carboxylic acids is 3. The molecule has 0 aliphatic carbocycles. The molecule has 7 heteroatoms. The number of anilines is 1. The normalized spacial score (nSPS) is 19.8. The minimum Gasteiger partial charge on any atom is -0.497 e. The molecular weight excluding hydrogens is 394 g/mol. The molecule has 1 saturated heterocycles. The number of fused-ring (bicyclic) bond motifs is 3. The van der Waals surface area contributed by atoms with Crippen molar-refractivity contribution >= 4 is 23.4 Å². The largest absolute Gasteiger partial charge is 0.497 e. The van der Waals surface area contributed by atoms with Crippen molar-refractivity contribution in [2.24, 2.45) is 0 Å². The molecule has 0 bridgehead atoms. The fourth-order valence-electron chi connectivity index (χ4n) is 4.47. The summed E-state index contributed by atoms with van der Waals surface area (Å²) in [5, 5.41) is 2.98.